The summed E-state index contributed by atoms with van der Waals surface area (Å²) in [6.45, 7) is 7.01. The van der Waals surface area contributed by atoms with Gasteiger partial charge < -0.3 is 15.5 Å². The summed E-state index contributed by atoms with van der Waals surface area (Å²) < 4.78 is 0. The molecule has 1 fully saturated rings. The Morgan fingerprint density at radius 2 is 2.12 bits per heavy atom. The summed E-state index contributed by atoms with van der Waals surface area (Å²) in [7, 11) is 1.83. The van der Waals surface area contributed by atoms with E-state index in [-0.39, 0.29) is 0 Å². The minimum atomic E-state index is 0.539. The van der Waals surface area contributed by atoms with Crippen molar-refractivity contribution in [2.75, 3.05) is 31.3 Å². The lowest BCUT2D eigenvalue weighted by Gasteiger charge is -2.20. The average Bonchev–Trinajstić information content (AvgIpc) is 3.08. The van der Waals surface area contributed by atoms with Gasteiger partial charge in [0.25, 0.3) is 0 Å². The molecule has 0 bridgehead atoms. The molecule has 6 heteroatoms. The molecule has 0 radical (unpaired) electrons. The zero-order valence-corrected chi connectivity index (χ0v) is 16.2. The minimum Gasteiger partial charge on any atom is -0.357 e. The lowest BCUT2D eigenvalue weighted by atomic mass is 10.2. The maximum Gasteiger partial charge on any atom is 0.191 e. The summed E-state index contributed by atoms with van der Waals surface area (Å²) >= 11 is 1.98. The normalized spacial score (nSPS) is 20.9. The number of hydrogen-bond acceptors (Lipinski definition) is 4. The third kappa shape index (κ3) is 5.30. The molecule has 1 heterocycles. The van der Waals surface area contributed by atoms with Crippen LogP contribution in [-0.4, -0.2) is 48.6 Å². The number of nitrogens with one attached hydrogen (secondary N) is 2. The number of pyridine rings is 1. The summed E-state index contributed by atoms with van der Waals surface area (Å²) in [6.07, 6.45) is 7.91. The molecule has 0 aliphatic heterocycles. The van der Waals surface area contributed by atoms with Gasteiger partial charge in [0.1, 0.15) is 5.82 Å². The highest BCUT2D eigenvalue weighted by Gasteiger charge is 2.24. The Bertz CT molecular complexity index is 513. The van der Waals surface area contributed by atoms with Crippen molar-refractivity contribution < 1.29 is 0 Å². The number of anilines is 1. The zero-order chi connectivity index (χ0) is 17.4. The first kappa shape index (κ1) is 18.9. The fourth-order valence-corrected chi connectivity index (χ4v) is 3.91. The van der Waals surface area contributed by atoms with Gasteiger partial charge in [-0.2, -0.15) is 11.8 Å². The van der Waals surface area contributed by atoms with Crippen LogP contribution in [0.4, 0.5) is 5.82 Å². The molecule has 1 aromatic rings. The van der Waals surface area contributed by atoms with Crippen LogP contribution < -0.4 is 15.5 Å². The van der Waals surface area contributed by atoms with Crippen LogP contribution in [-0.2, 0) is 6.54 Å². The molecule has 2 atom stereocenters. The van der Waals surface area contributed by atoms with Crippen molar-refractivity contribution in [3.05, 3.63) is 23.9 Å². The van der Waals surface area contributed by atoms with Crippen LogP contribution in [0.5, 0.6) is 0 Å². The highest BCUT2D eigenvalue weighted by atomic mass is 32.2. The van der Waals surface area contributed by atoms with Crippen LogP contribution in [0.25, 0.3) is 0 Å². The highest BCUT2D eigenvalue weighted by molar-refractivity contribution is 7.99. The molecule has 0 saturated heterocycles. The van der Waals surface area contributed by atoms with E-state index in [9.17, 15) is 0 Å². The summed E-state index contributed by atoms with van der Waals surface area (Å²) in [5.74, 6) is 1.93. The molecule has 0 aromatic carbocycles. The van der Waals surface area contributed by atoms with Gasteiger partial charge in [-0.25, -0.2) is 4.98 Å². The van der Waals surface area contributed by atoms with Crippen molar-refractivity contribution >= 4 is 23.5 Å². The molecule has 24 heavy (non-hydrogen) atoms. The van der Waals surface area contributed by atoms with Crippen molar-refractivity contribution in [1.29, 1.82) is 0 Å². The molecule has 1 aliphatic carbocycles. The van der Waals surface area contributed by atoms with E-state index in [0.717, 1.165) is 36.7 Å². The Hall–Kier alpha value is -1.43. The monoisotopic (exact) mass is 349 g/mol. The van der Waals surface area contributed by atoms with E-state index >= 15 is 0 Å². The van der Waals surface area contributed by atoms with E-state index < -0.39 is 0 Å². The van der Waals surface area contributed by atoms with Gasteiger partial charge in [0, 0.05) is 44.2 Å². The van der Waals surface area contributed by atoms with Gasteiger partial charge in [-0.3, -0.25) is 4.99 Å². The van der Waals surface area contributed by atoms with Crippen LogP contribution in [0.2, 0.25) is 0 Å². The van der Waals surface area contributed by atoms with Gasteiger partial charge in [0.15, 0.2) is 5.96 Å². The standard InChI is InChI=1S/C18H31N5S/c1-5-23(6-2)17-10-7-14(12-20-17)13-21-18(19-3)22-15-8-9-16(11-15)24-4/h7,10,12,15-16H,5-6,8-9,11,13H2,1-4H3,(H2,19,21,22). The third-order valence-corrected chi connectivity index (χ3v) is 5.73. The van der Waals surface area contributed by atoms with Crippen LogP contribution in [0.15, 0.2) is 23.3 Å². The second-order valence-electron chi connectivity index (χ2n) is 6.13. The van der Waals surface area contributed by atoms with Crippen LogP contribution in [0.1, 0.15) is 38.7 Å². The number of thioether (sulfide) groups is 1. The second kappa shape index (κ2) is 9.77. The quantitative estimate of drug-likeness (QED) is 0.586. The van der Waals surface area contributed by atoms with E-state index in [0.29, 0.717) is 6.04 Å². The number of nitrogens with zero attached hydrogens (tertiary/aromatic N) is 3. The van der Waals surface area contributed by atoms with Crippen LogP contribution in [0, 0.1) is 0 Å². The molecule has 1 aliphatic rings. The molecule has 134 valence electrons. The number of aliphatic imine (C=N–C) groups is 1. The summed E-state index contributed by atoms with van der Waals surface area (Å²) in [6, 6.07) is 4.78. The molecular formula is C18H31N5S. The van der Waals surface area contributed by atoms with Crippen molar-refractivity contribution in [2.45, 2.75) is 50.9 Å². The highest BCUT2D eigenvalue weighted by Crippen LogP contribution is 2.28. The van der Waals surface area contributed by atoms with Crippen LogP contribution in [0.3, 0.4) is 0 Å². The molecule has 2 N–H and O–H groups in total. The Balaban J connectivity index is 1.83. The van der Waals surface area contributed by atoms with E-state index in [2.05, 4.69) is 57.7 Å². The number of hydrogen-bond donors (Lipinski definition) is 2. The third-order valence-electron chi connectivity index (χ3n) is 4.64. The molecule has 1 aromatic heterocycles. The maximum atomic E-state index is 4.57. The second-order valence-corrected chi connectivity index (χ2v) is 7.27. The van der Waals surface area contributed by atoms with Gasteiger partial charge >= 0.3 is 0 Å². The lowest BCUT2D eigenvalue weighted by Crippen LogP contribution is -2.42. The van der Waals surface area contributed by atoms with Gasteiger partial charge in [-0.1, -0.05) is 6.07 Å². The molecular weight excluding hydrogens is 318 g/mol. The molecule has 2 rings (SSSR count). The maximum absolute atomic E-state index is 4.57. The Morgan fingerprint density at radius 1 is 1.33 bits per heavy atom. The smallest absolute Gasteiger partial charge is 0.191 e. The minimum absolute atomic E-state index is 0.539. The van der Waals surface area contributed by atoms with Gasteiger partial charge in [-0.05, 0) is 51.0 Å². The van der Waals surface area contributed by atoms with Gasteiger partial charge in [-0.15, -0.1) is 0 Å². The number of guanidine groups is 1. The van der Waals surface area contributed by atoms with E-state index in [1.54, 1.807) is 0 Å². The predicted octanol–water partition coefficient (Wildman–Crippen LogP) is 2.88. The molecule has 2 unspecified atom stereocenters. The first-order valence-corrected chi connectivity index (χ1v) is 10.2. The summed E-state index contributed by atoms with van der Waals surface area (Å²) in [5, 5.41) is 7.73. The fourth-order valence-electron chi connectivity index (χ4n) is 3.11. The van der Waals surface area contributed by atoms with E-state index in [1.165, 1.54) is 24.8 Å². The molecule has 5 nitrogen and oxygen atoms in total. The molecule has 1 saturated carbocycles. The van der Waals surface area contributed by atoms with Crippen molar-refractivity contribution in [2.24, 2.45) is 4.99 Å². The van der Waals surface area contributed by atoms with E-state index in [1.807, 2.05) is 25.0 Å². The largest absolute Gasteiger partial charge is 0.357 e. The summed E-state index contributed by atoms with van der Waals surface area (Å²) in [5.41, 5.74) is 1.17. The van der Waals surface area contributed by atoms with Gasteiger partial charge in [0.05, 0.1) is 0 Å². The Morgan fingerprint density at radius 3 is 2.67 bits per heavy atom. The van der Waals surface area contributed by atoms with Gasteiger partial charge in [0.2, 0.25) is 0 Å². The first-order chi connectivity index (χ1) is 11.7. The SMILES string of the molecule is CCN(CC)c1ccc(CNC(=NC)NC2CCC(SC)C2)cn1. The van der Waals surface area contributed by atoms with Crippen molar-refractivity contribution in [3.8, 4) is 0 Å². The zero-order valence-electron chi connectivity index (χ0n) is 15.4. The number of rotatable bonds is 7. The van der Waals surface area contributed by atoms with Crippen LogP contribution >= 0.6 is 11.8 Å². The lowest BCUT2D eigenvalue weighted by molar-refractivity contribution is 0.614. The summed E-state index contributed by atoms with van der Waals surface area (Å²) in [4.78, 5) is 11.2. The predicted molar refractivity (Wildman–Crippen MR) is 106 cm³/mol. The van der Waals surface area contributed by atoms with Crippen molar-refractivity contribution in [3.63, 3.8) is 0 Å². The fraction of sp³-hybridized carbons (Fsp3) is 0.667. The Labute approximate surface area is 150 Å². The topological polar surface area (TPSA) is 52.5 Å². The van der Waals surface area contributed by atoms with Crippen molar-refractivity contribution in [1.82, 2.24) is 15.6 Å². The number of aromatic nitrogens is 1. The molecule has 0 amide bonds. The van der Waals surface area contributed by atoms with E-state index in [4.69, 9.17) is 0 Å². The Kier molecular flexibility index (Phi) is 7.69. The molecule has 0 spiro atoms. The average molecular weight is 350 g/mol. The first-order valence-electron chi connectivity index (χ1n) is 8.89.